The number of hydrazine groups is 1. The molecule has 4 rings (SSSR count). The molecule has 0 atom stereocenters. The molecule has 9 nitrogen and oxygen atoms in total. The highest BCUT2D eigenvalue weighted by molar-refractivity contribution is 7.99. The van der Waals surface area contributed by atoms with Crippen molar-refractivity contribution in [3.05, 3.63) is 84.4 Å². The van der Waals surface area contributed by atoms with Gasteiger partial charge in [0.2, 0.25) is 5.91 Å². The molecular weight excluding hydrogens is 466 g/mol. The monoisotopic (exact) mass is 489 g/mol. The van der Waals surface area contributed by atoms with Crippen molar-refractivity contribution in [3.63, 3.8) is 0 Å². The normalized spacial score (nSPS) is 10.5. The van der Waals surface area contributed by atoms with Crippen LogP contribution >= 0.6 is 11.8 Å². The molecule has 0 unspecified atom stereocenters. The number of rotatable bonds is 8. The van der Waals surface area contributed by atoms with Crippen LogP contribution in [0.3, 0.4) is 0 Å². The Hall–Kier alpha value is -4.31. The van der Waals surface area contributed by atoms with Crippen LogP contribution in [0.25, 0.3) is 17.1 Å². The van der Waals surface area contributed by atoms with Crippen LogP contribution in [0, 0.1) is 0 Å². The third kappa shape index (κ3) is 5.61. The third-order valence-corrected chi connectivity index (χ3v) is 5.92. The van der Waals surface area contributed by atoms with Crippen molar-refractivity contribution in [2.24, 2.45) is 0 Å². The van der Waals surface area contributed by atoms with Crippen LogP contribution in [0.15, 0.2) is 84.0 Å². The van der Waals surface area contributed by atoms with Gasteiger partial charge in [0.15, 0.2) is 11.0 Å². The molecule has 4 aromatic rings. The number of nitrogens with one attached hydrogen (secondary N) is 2. The fraction of sp³-hybridized carbons (Fsp3) is 0.120. The number of methoxy groups -OCH3 is 2. The molecule has 0 bridgehead atoms. The minimum Gasteiger partial charge on any atom is -0.497 e. The molecule has 35 heavy (non-hydrogen) atoms. The number of ether oxygens (including phenoxy) is 2. The summed E-state index contributed by atoms with van der Waals surface area (Å²) in [4.78, 5) is 24.6. The summed E-state index contributed by atoms with van der Waals surface area (Å²) in [6.07, 6.45) is 0. The maximum Gasteiger partial charge on any atom is 0.269 e. The summed E-state index contributed by atoms with van der Waals surface area (Å²) >= 11 is 1.19. The lowest BCUT2D eigenvalue weighted by atomic mass is 10.2. The van der Waals surface area contributed by atoms with E-state index in [0.717, 1.165) is 11.3 Å². The minimum absolute atomic E-state index is 0.00921. The zero-order valence-corrected chi connectivity index (χ0v) is 19.9. The van der Waals surface area contributed by atoms with Crippen LogP contribution in [-0.4, -0.2) is 46.6 Å². The molecule has 0 aliphatic carbocycles. The van der Waals surface area contributed by atoms with Crippen LogP contribution in [0.1, 0.15) is 10.4 Å². The van der Waals surface area contributed by atoms with Crippen molar-refractivity contribution in [1.82, 2.24) is 25.6 Å². The summed E-state index contributed by atoms with van der Waals surface area (Å²) in [6.45, 7) is 0. The van der Waals surface area contributed by atoms with Crippen molar-refractivity contribution in [1.29, 1.82) is 0 Å². The van der Waals surface area contributed by atoms with Crippen molar-refractivity contribution in [2.45, 2.75) is 5.16 Å². The molecule has 0 aliphatic heterocycles. The number of para-hydroxylation sites is 1. The van der Waals surface area contributed by atoms with Gasteiger partial charge in [-0.15, -0.1) is 10.2 Å². The van der Waals surface area contributed by atoms with Crippen LogP contribution < -0.4 is 20.3 Å². The fourth-order valence-corrected chi connectivity index (χ4v) is 4.04. The van der Waals surface area contributed by atoms with Crippen LogP contribution in [0.4, 0.5) is 0 Å². The molecule has 2 N–H and O–H groups in total. The second-order valence-electron chi connectivity index (χ2n) is 7.20. The second-order valence-corrected chi connectivity index (χ2v) is 8.14. The van der Waals surface area contributed by atoms with Gasteiger partial charge in [-0.2, -0.15) is 0 Å². The van der Waals surface area contributed by atoms with E-state index < -0.39 is 5.91 Å². The number of carbonyl (C=O) groups is 2. The number of benzene rings is 3. The Balaban J connectivity index is 1.54. The molecule has 2 amide bonds. The van der Waals surface area contributed by atoms with Gasteiger partial charge in [-0.1, -0.05) is 42.1 Å². The highest BCUT2D eigenvalue weighted by Gasteiger charge is 2.20. The molecule has 1 aromatic heterocycles. The lowest BCUT2D eigenvalue weighted by molar-refractivity contribution is -0.119. The third-order valence-electron chi connectivity index (χ3n) is 5.00. The Morgan fingerprint density at radius 2 is 1.57 bits per heavy atom. The average Bonchev–Trinajstić information content (AvgIpc) is 3.34. The summed E-state index contributed by atoms with van der Waals surface area (Å²) in [5.41, 5.74) is 6.83. The Labute approximate surface area is 206 Å². The van der Waals surface area contributed by atoms with Gasteiger partial charge in [-0.25, -0.2) is 0 Å². The minimum atomic E-state index is -0.399. The predicted octanol–water partition coefficient (Wildman–Crippen LogP) is 3.50. The Kier molecular flexibility index (Phi) is 7.63. The van der Waals surface area contributed by atoms with E-state index >= 15 is 0 Å². The molecule has 3 aromatic carbocycles. The van der Waals surface area contributed by atoms with Crippen molar-refractivity contribution in [3.8, 4) is 28.6 Å². The van der Waals surface area contributed by atoms with Gasteiger partial charge in [-0.3, -0.25) is 25.0 Å². The first-order valence-electron chi connectivity index (χ1n) is 10.6. The molecule has 1 heterocycles. The maximum atomic E-state index is 12.4. The molecule has 0 aliphatic rings. The van der Waals surface area contributed by atoms with E-state index in [0.29, 0.717) is 28.0 Å². The van der Waals surface area contributed by atoms with Crippen LogP contribution in [-0.2, 0) is 4.79 Å². The quantitative estimate of drug-likeness (QED) is 0.288. The van der Waals surface area contributed by atoms with E-state index in [1.165, 1.54) is 11.8 Å². The van der Waals surface area contributed by atoms with Gasteiger partial charge in [0.05, 0.1) is 31.2 Å². The standard InChI is InChI=1S/C25H23N5O4S/c1-33-19-14-12-18(13-15-19)30-23(20-10-6-7-11-21(20)34-2)27-29-25(30)35-16-22(31)26-28-24(32)17-8-4-3-5-9-17/h3-15H,16H2,1-2H3,(H,26,31)(H,28,32). The highest BCUT2D eigenvalue weighted by atomic mass is 32.2. The molecule has 0 radical (unpaired) electrons. The van der Waals surface area contributed by atoms with Gasteiger partial charge >= 0.3 is 0 Å². The number of hydrogen-bond donors (Lipinski definition) is 2. The Morgan fingerprint density at radius 1 is 0.857 bits per heavy atom. The first-order valence-corrected chi connectivity index (χ1v) is 11.6. The molecule has 10 heteroatoms. The summed E-state index contributed by atoms with van der Waals surface area (Å²) in [5.74, 6) is 1.14. The zero-order chi connectivity index (χ0) is 24.6. The Bertz CT molecular complexity index is 1310. The van der Waals surface area contributed by atoms with E-state index in [9.17, 15) is 9.59 Å². The number of nitrogens with zero attached hydrogens (tertiary/aromatic N) is 3. The van der Waals surface area contributed by atoms with Crippen molar-refractivity contribution < 1.29 is 19.1 Å². The number of carbonyl (C=O) groups excluding carboxylic acids is 2. The molecule has 0 saturated heterocycles. The van der Waals surface area contributed by atoms with Gasteiger partial charge in [0, 0.05) is 5.56 Å². The number of aromatic nitrogens is 3. The predicted molar refractivity (Wildman–Crippen MR) is 133 cm³/mol. The molecule has 0 fully saturated rings. The van der Waals surface area contributed by atoms with Crippen LogP contribution in [0.5, 0.6) is 11.5 Å². The number of thioether (sulfide) groups is 1. The molecular formula is C25H23N5O4S. The van der Waals surface area contributed by atoms with E-state index in [4.69, 9.17) is 9.47 Å². The van der Waals surface area contributed by atoms with E-state index in [2.05, 4.69) is 21.0 Å². The molecule has 0 saturated carbocycles. The number of amides is 2. The molecule has 178 valence electrons. The van der Waals surface area contributed by atoms with Gasteiger partial charge in [-0.05, 0) is 48.5 Å². The summed E-state index contributed by atoms with van der Waals surface area (Å²) < 4.78 is 12.6. The van der Waals surface area contributed by atoms with E-state index in [1.54, 1.807) is 38.5 Å². The zero-order valence-electron chi connectivity index (χ0n) is 19.1. The van der Waals surface area contributed by atoms with Gasteiger partial charge < -0.3 is 9.47 Å². The Morgan fingerprint density at radius 3 is 2.29 bits per heavy atom. The average molecular weight is 490 g/mol. The highest BCUT2D eigenvalue weighted by Crippen LogP contribution is 2.33. The molecule has 0 spiro atoms. The summed E-state index contributed by atoms with van der Waals surface area (Å²) in [5, 5.41) is 9.21. The van der Waals surface area contributed by atoms with Gasteiger partial charge in [0.1, 0.15) is 11.5 Å². The summed E-state index contributed by atoms with van der Waals surface area (Å²) in [6, 6.07) is 23.6. The summed E-state index contributed by atoms with van der Waals surface area (Å²) in [7, 11) is 3.20. The lowest BCUT2D eigenvalue weighted by Crippen LogP contribution is -2.42. The van der Waals surface area contributed by atoms with Crippen LogP contribution in [0.2, 0.25) is 0 Å². The fourth-order valence-electron chi connectivity index (χ4n) is 3.29. The van der Waals surface area contributed by atoms with Gasteiger partial charge in [0.25, 0.3) is 5.91 Å². The topological polar surface area (TPSA) is 107 Å². The van der Waals surface area contributed by atoms with E-state index in [-0.39, 0.29) is 11.7 Å². The number of hydrogen-bond acceptors (Lipinski definition) is 7. The SMILES string of the molecule is COc1ccc(-n2c(SCC(=O)NNC(=O)c3ccccc3)nnc2-c2ccccc2OC)cc1. The van der Waals surface area contributed by atoms with Crippen molar-refractivity contribution >= 4 is 23.6 Å². The first-order chi connectivity index (χ1) is 17.1. The first kappa shape index (κ1) is 23.8. The second kappa shape index (κ2) is 11.2. The largest absolute Gasteiger partial charge is 0.497 e. The van der Waals surface area contributed by atoms with E-state index in [1.807, 2.05) is 59.2 Å². The smallest absolute Gasteiger partial charge is 0.269 e. The lowest BCUT2D eigenvalue weighted by Gasteiger charge is -2.13. The maximum absolute atomic E-state index is 12.4. The van der Waals surface area contributed by atoms with Crippen molar-refractivity contribution in [2.75, 3.05) is 20.0 Å².